The largest absolute Gasteiger partial charge is 0.348 e. The summed E-state index contributed by atoms with van der Waals surface area (Å²) in [6.07, 6.45) is 2.76. The monoisotopic (exact) mass is 262 g/mol. The highest BCUT2D eigenvalue weighted by molar-refractivity contribution is 6.30. The number of nitriles is 1. The fourth-order valence-electron chi connectivity index (χ4n) is 2.42. The maximum absolute atomic E-state index is 12.1. The van der Waals surface area contributed by atoms with Crippen molar-refractivity contribution in [2.24, 2.45) is 5.92 Å². The third kappa shape index (κ3) is 2.65. The van der Waals surface area contributed by atoms with Crippen molar-refractivity contribution in [3.63, 3.8) is 0 Å². The summed E-state index contributed by atoms with van der Waals surface area (Å²) in [5.41, 5.74) is 1.48. The molecule has 0 radical (unpaired) electrons. The molecule has 0 aromatic heterocycles. The Kier molecular flexibility index (Phi) is 3.88. The number of hydrogen-bond acceptors (Lipinski definition) is 2. The van der Waals surface area contributed by atoms with Gasteiger partial charge in [0.25, 0.3) is 5.91 Å². The Morgan fingerprint density at radius 2 is 2.28 bits per heavy atom. The summed E-state index contributed by atoms with van der Waals surface area (Å²) in [5.74, 6) is -0.169. The molecular weight excluding hydrogens is 248 g/mol. The fourth-order valence-corrected chi connectivity index (χ4v) is 2.64. The molecule has 1 fully saturated rings. The van der Waals surface area contributed by atoms with E-state index in [4.69, 9.17) is 16.9 Å². The number of halogens is 1. The van der Waals surface area contributed by atoms with Gasteiger partial charge in [-0.1, -0.05) is 11.6 Å². The molecule has 0 heterocycles. The van der Waals surface area contributed by atoms with Crippen LogP contribution in [0.2, 0.25) is 5.02 Å². The van der Waals surface area contributed by atoms with E-state index in [0.29, 0.717) is 10.6 Å². The van der Waals surface area contributed by atoms with Crippen molar-refractivity contribution in [2.75, 3.05) is 0 Å². The van der Waals surface area contributed by atoms with Gasteiger partial charge in [-0.15, -0.1) is 0 Å². The van der Waals surface area contributed by atoms with Gasteiger partial charge < -0.3 is 5.32 Å². The normalized spacial score (nSPS) is 22.5. The molecular formula is C14H15ClN2O. The van der Waals surface area contributed by atoms with Gasteiger partial charge in [0.15, 0.2) is 0 Å². The molecule has 2 unspecified atom stereocenters. The Bertz CT molecular complexity index is 507. The lowest BCUT2D eigenvalue weighted by atomic mass is 10.0. The molecule has 0 spiro atoms. The first kappa shape index (κ1) is 12.9. The van der Waals surface area contributed by atoms with Gasteiger partial charge in [-0.05, 0) is 49.9 Å². The van der Waals surface area contributed by atoms with Crippen molar-refractivity contribution < 1.29 is 4.79 Å². The number of amides is 1. The second-order valence-electron chi connectivity index (χ2n) is 4.71. The van der Waals surface area contributed by atoms with E-state index in [2.05, 4.69) is 11.4 Å². The Labute approximate surface area is 112 Å². The molecule has 1 aromatic rings. The predicted octanol–water partition coefficient (Wildman–Crippen LogP) is 3.07. The molecule has 4 heteroatoms. The summed E-state index contributed by atoms with van der Waals surface area (Å²) in [7, 11) is 0. The van der Waals surface area contributed by atoms with Crippen LogP contribution in [0.4, 0.5) is 0 Å². The number of carbonyl (C=O) groups excluding carboxylic acids is 1. The zero-order valence-electron chi connectivity index (χ0n) is 10.2. The van der Waals surface area contributed by atoms with Crippen LogP contribution in [-0.4, -0.2) is 11.9 Å². The molecule has 1 amide bonds. The van der Waals surface area contributed by atoms with Crippen LogP contribution in [0.15, 0.2) is 18.2 Å². The molecule has 1 saturated carbocycles. The van der Waals surface area contributed by atoms with E-state index in [0.717, 1.165) is 24.8 Å². The third-order valence-corrected chi connectivity index (χ3v) is 3.67. The van der Waals surface area contributed by atoms with Crippen LogP contribution in [-0.2, 0) is 0 Å². The first-order valence-corrected chi connectivity index (χ1v) is 6.46. The van der Waals surface area contributed by atoms with Crippen LogP contribution < -0.4 is 5.32 Å². The highest BCUT2D eigenvalue weighted by Crippen LogP contribution is 2.25. The topological polar surface area (TPSA) is 52.9 Å². The fraction of sp³-hybridized carbons (Fsp3) is 0.429. The van der Waals surface area contributed by atoms with Crippen LogP contribution in [0.1, 0.15) is 35.2 Å². The van der Waals surface area contributed by atoms with Crippen LogP contribution in [0.3, 0.4) is 0 Å². The molecule has 1 aliphatic carbocycles. The van der Waals surface area contributed by atoms with Crippen molar-refractivity contribution in [2.45, 2.75) is 32.2 Å². The standard InChI is InChI=1S/C14H15ClN2O/c1-9-7-11(15)5-6-12(9)14(18)17-13-4-2-3-10(13)8-16/h5-7,10,13H,2-4H2,1H3,(H,17,18). The second-order valence-corrected chi connectivity index (χ2v) is 5.14. The van der Waals surface area contributed by atoms with Gasteiger partial charge in [0, 0.05) is 16.6 Å². The zero-order chi connectivity index (χ0) is 13.1. The molecule has 0 saturated heterocycles. The molecule has 1 aromatic carbocycles. The minimum absolute atomic E-state index is 0.0161. The number of nitrogens with zero attached hydrogens (tertiary/aromatic N) is 1. The number of nitrogens with one attached hydrogen (secondary N) is 1. The Hall–Kier alpha value is -1.53. The van der Waals surface area contributed by atoms with Crippen molar-refractivity contribution in [1.82, 2.24) is 5.32 Å². The lowest BCUT2D eigenvalue weighted by molar-refractivity contribution is 0.0932. The maximum Gasteiger partial charge on any atom is 0.251 e. The van der Waals surface area contributed by atoms with Gasteiger partial charge in [0.1, 0.15) is 0 Å². The van der Waals surface area contributed by atoms with E-state index < -0.39 is 0 Å². The van der Waals surface area contributed by atoms with Gasteiger partial charge in [-0.3, -0.25) is 4.79 Å². The van der Waals surface area contributed by atoms with Gasteiger partial charge in [-0.2, -0.15) is 5.26 Å². The van der Waals surface area contributed by atoms with Crippen LogP contribution in [0.5, 0.6) is 0 Å². The number of aryl methyl sites for hydroxylation is 1. The van der Waals surface area contributed by atoms with Gasteiger partial charge in [0.05, 0.1) is 12.0 Å². The van der Waals surface area contributed by atoms with Crippen molar-refractivity contribution in [3.8, 4) is 6.07 Å². The highest BCUT2D eigenvalue weighted by atomic mass is 35.5. The van der Waals surface area contributed by atoms with Crippen molar-refractivity contribution in [3.05, 3.63) is 34.3 Å². The Morgan fingerprint density at radius 1 is 1.50 bits per heavy atom. The molecule has 1 N–H and O–H groups in total. The van der Waals surface area contributed by atoms with Crippen molar-refractivity contribution in [1.29, 1.82) is 5.26 Å². The quantitative estimate of drug-likeness (QED) is 0.891. The summed E-state index contributed by atoms with van der Waals surface area (Å²) < 4.78 is 0. The van der Waals surface area contributed by atoms with E-state index in [1.165, 1.54) is 0 Å². The number of hydrogen-bond donors (Lipinski definition) is 1. The summed E-state index contributed by atoms with van der Waals surface area (Å²) >= 11 is 5.86. The molecule has 0 bridgehead atoms. The molecule has 3 nitrogen and oxygen atoms in total. The lowest BCUT2D eigenvalue weighted by Crippen LogP contribution is -2.37. The lowest BCUT2D eigenvalue weighted by Gasteiger charge is -2.16. The minimum atomic E-state index is -0.115. The zero-order valence-corrected chi connectivity index (χ0v) is 11.0. The third-order valence-electron chi connectivity index (χ3n) is 3.43. The number of rotatable bonds is 2. The van der Waals surface area contributed by atoms with Gasteiger partial charge in [-0.25, -0.2) is 0 Å². The molecule has 1 aliphatic rings. The van der Waals surface area contributed by atoms with Crippen LogP contribution in [0, 0.1) is 24.2 Å². The Morgan fingerprint density at radius 3 is 2.94 bits per heavy atom. The van der Waals surface area contributed by atoms with Gasteiger partial charge >= 0.3 is 0 Å². The summed E-state index contributed by atoms with van der Waals surface area (Å²) in [6, 6.07) is 7.45. The smallest absolute Gasteiger partial charge is 0.251 e. The number of carbonyl (C=O) groups is 1. The van der Waals surface area contributed by atoms with E-state index in [1.54, 1.807) is 18.2 Å². The average molecular weight is 263 g/mol. The van der Waals surface area contributed by atoms with Crippen molar-refractivity contribution >= 4 is 17.5 Å². The van der Waals surface area contributed by atoms with Crippen LogP contribution in [0.25, 0.3) is 0 Å². The average Bonchev–Trinajstić information content (AvgIpc) is 2.76. The minimum Gasteiger partial charge on any atom is -0.348 e. The molecule has 2 atom stereocenters. The predicted molar refractivity (Wildman–Crippen MR) is 70.4 cm³/mol. The van der Waals surface area contributed by atoms with E-state index >= 15 is 0 Å². The Balaban J connectivity index is 2.10. The molecule has 18 heavy (non-hydrogen) atoms. The van der Waals surface area contributed by atoms with Crippen LogP contribution >= 0.6 is 11.6 Å². The highest BCUT2D eigenvalue weighted by Gasteiger charge is 2.28. The molecule has 2 rings (SSSR count). The molecule has 0 aliphatic heterocycles. The molecule has 94 valence electrons. The summed E-state index contributed by atoms with van der Waals surface area (Å²) in [6.45, 7) is 1.86. The van der Waals surface area contributed by atoms with E-state index in [-0.39, 0.29) is 17.9 Å². The summed E-state index contributed by atoms with van der Waals surface area (Å²) in [5, 5.41) is 12.6. The first-order valence-electron chi connectivity index (χ1n) is 6.08. The number of benzene rings is 1. The second kappa shape index (κ2) is 5.41. The SMILES string of the molecule is Cc1cc(Cl)ccc1C(=O)NC1CCCC1C#N. The van der Waals surface area contributed by atoms with E-state index in [9.17, 15) is 4.79 Å². The van der Waals surface area contributed by atoms with E-state index in [1.807, 2.05) is 6.92 Å². The summed E-state index contributed by atoms with van der Waals surface area (Å²) in [4.78, 5) is 12.1. The van der Waals surface area contributed by atoms with Gasteiger partial charge in [0.2, 0.25) is 0 Å². The maximum atomic E-state index is 12.1. The first-order chi connectivity index (χ1) is 8.61.